The van der Waals surface area contributed by atoms with Crippen molar-refractivity contribution in [2.24, 2.45) is 11.8 Å². The third kappa shape index (κ3) is 3.73. The molecular formula is C20H23NO2. The standard InChI is InChI=1S/C20H23NO2/c1-14-9-10-18(13-15(14)2)22-12-11-19-16(3)23-20(21-19)17-7-5-4-6-8-17/h4-10,13-15H,11-12H2,1-3H3. The van der Waals surface area contributed by atoms with E-state index in [0.717, 1.165) is 29.2 Å². The van der Waals surface area contributed by atoms with E-state index < -0.39 is 0 Å². The molecule has 0 bridgehead atoms. The van der Waals surface area contributed by atoms with Crippen LogP contribution in [0.4, 0.5) is 0 Å². The van der Waals surface area contributed by atoms with E-state index in [1.165, 1.54) is 0 Å². The summed E-state index contributed by atoms with van der Waals surface area (Å²) in [6, 6.07) is 9.97. The van der Waals surface area contributed by atoms with Crippen LogP contribution in [-0.4, -0.2) is 11.6 Å². The maximum absolute atomic E-state index is 5.87. The maximum Gasteiger partial charge on any atom is 0.226 e. The molecule has 0 spiro atoms. The van der Waals surface area contributed by atoms with Gasteiger partial charge in [0.25, 0.3) is 0 Å². The molecule has 3 rings (SSSR count). The van der Waals surface area contributed by atoms with Crippen LogP contribution >= 0.6 is 0 Å². The fourth-order valence-electron chi connectivity index (χ4n) is 2.61. The van der Waals surface area contributed by atoms with Crippen LogP contribution in [-0.2, 0) is 11.2 Å². The van der Waals surface area contributed by atoms with Crippen molar-refractivity contribution in [2.75, 3.05) is 6.61 Å². The van der Waals surface area contributed by atoms with Gasteiger partial charge in [-0.25, -0.2) is 4.98 Å². The number of benzene rings is 1. The lowest BCUT2D eigenvalue weighted by atomic mass is 9.91. The summed E-state index contributed by atoms with van der Waals surface area (Å²) in [7, 11) is 0. The van der Waals surface area contributed by atoms with Crippen LogP contribution in [0.2, 0.25) is 0 Å². The van der Waals surface area contributed by atoms with Gasteiger partial charge in [-0.15, -0.1) is 0 Å². The minimum atomic E-state index is 0.522. The van der Waals surface area contributed by atoms with E-state index in [1.807, 2.05) is 37.3 Å². The summed E-state index contributed by atoms with van der Waals surface area (Å²) in [6.07, 6.45) is 7.21. The van der Waals surface area contributed by atoms with Crippen LogP contribution in [0.1, 0.15) is 25.3 Å². The van der Waals surface area contributed by atoms with Gasteiger partial charge in [0.1, 0.15) is 11.5 Å². The molecule has 2 aromatic rings. The van der Waals surface area contributed by atoms with Gasteiger partial charge in [0, 0.05) is 12.0 Å². The first-order chi connectivity index (χ1) is 11.1. The predicted molar refractivity (Wildman–Crippen MR) is 91.9 cm³/mol. The molecule has 1 aromatic carbocycles. The lowest BCUT2D eigenvalue weighted by molar-refractivity contribution is 0.221. The number of ether oxygens (including phenoxy) is 1. The topological polar surface area (TPSA) is 35.3 Å². The number of aryl methyl sites for hydroxylation is 1. The zero-order chi connectivity index (χ0) is 16.2. The Morgan fingerprint density at radius 2 is 1.91 bits per heavy atom. The zero-order valence-corrected chi connectivity index (χ0v) is 14.0. The quantitative estimate of drug-likeness (QED) is 0.785. The van der Waals surface area contributed by atoms with E-state index in [-0.39, 0.29) is 0 Å². The van der Waals surface area contributed by atoms with Gasteiger partial charge in [0.15, 0.2) is 0 Å². The first kappa shape index (κ1) is 15.6. The molecule has 3 nitrogen and oxygen atoms in total. The Bertz CT molecular complexity index is 712. The Hall–Kier alpha value is -2.29. The van der Waals surface area contributed by atoms with Crippen molar-refractivity contribution < 1.29 is 9.15 Å². The maximum atomic E-state index is 5.87. The van der Waals surface area contributed by atoms with Gasteiger partial charge < -0.3 is 9.15 Å². The molecule has 0 N–H and O–H groups in total. The molecule has 0 radical (unpaired) electrons. The molecule has 0 aliphatic heterocycles. The summed E-state index contributed by atoms with van der Waals surface area (Å²) in [5.41, 5.74) is 1.97. The first-order valence-corrected chi connectivity index (χ1v) is 8.18. The Kier molecular flexibility index (Phi) is 4.65. The first-order valence-electron chi connectivity index (χ1n) is 8.18. The smallest absolute Gasteiger partial charge is 0.226 e. The van der Waals surface area contributed by atoms with E-state index in [0.29, 0.717) is 24.3 Å². The molecule has 3 heteroatoms. The van der Waals surface area contributed by atoms with Crippen molar-refractivity contribution in [3.05, 3.63) is 65.8 Å². The van der Waals surface area contributed by atoms with Gasteiger partial charge in [-0.05, 0) is 43.0 Å². The number of nitrogens with zero attached hydrogens (tertiary/aromatic N) is 1. The third-order valence-electron chi connectivity index (χ3n) is 4.34. The number of allylic oxidation sites excluding steroid dienone is 3. The highest BCUT2D eigenvalue weighted by Crippen LogP contribution is 2.24. The summed E-state index contributed by atoms with van der Waals surface area (Å²) >= 11 is 0. The summed E-state index contributed by atoms with van der Waals surface area (Å²) in [5.74, 6) is 3.60. The van der Waals surface area contributed by atoms with Gasteiger partial charge in [-0.3, -0.25) is 0 Å². The van der Waals surface area contributed by atoms with Crippen LogP contribution in [0, 0.1) is 18.8 Å². The van der Waals surface area contributed by atoms with Crippen LogP contribution in [0.15, 0.2) is 58.7 Å². The van der Waals surface area contributed by atoms with E-state index >= 15 is 0 Å². The molecule has 1 aliphatic carbocycles. The second-order valence-electron chi connectivity index (χ2n) is 6.13. The summed E-state index contributed by atoms with van der Waals surface area (Å²) in [5, 5.41) is 0. The Balaban J connectivity index is 1.60. The summed E-state index contributed by atoms with van der Waals surface area (Å²) in [6.45, 7) is 7.00. The number of oxazole rings is 1. The normalized spacial score (nSPS) is 20.4. The van der Waals surface area contributed by atoms with Crippen LogP contribution in [0.25, 0.3) is 11.5 Å². The second-order valence-corrected chi connectivity index (χ2v) is 6.13. The minimum absolute atomic E-state index is 0.522. The van der Waals surface area contributed by atoms with Gasteiger partial charge in [0.05, 0.1) is 12.3 Å². The SMILES string of the molecule is Cc1oc(-c2ccccc2)nc1CCOC1=CC(C)C(C)C=C1. The van der Waals surface area contributed by atoms with Crippen LogP contribution in [0.3, 0.4) is 0 Å². The molecule has 23 heavy (non-hydrogen) atoms. The van der Waals surface area contributed by atoms with Gasteiger partial charge in [0.2, 0.25) is 5.89 Å². The van der Waals surface area contributed by atoms with Crippen molar-refractivity contribution >= 4 is 0 Å². The van der Waals surface area contributed by atoms with Crippen molar-refractivity contribution in [2.45, 2.75) is 27.2 Å². The number of hydrogen-bond donors (Lipinski definition) is 0. The number of hydrogen-bond acceptors (Lipinski definition) is 3. The van der Waals surface area contributed by atoms with Gasteiger partial charge in [-0.2, -0.15) is 0 Å². The molecule has 1 heterocycles. The monoisotopic (exact) mass is 309 g/mol. The van der Waals surface area contributed by atoms with Gasteiger partial charge >= 0.3 is 0 Å². The molecule has 2 atom stereocenters. The minimum Gasteiger partial charge on any atom is -0.494 e. The third-order valence-corrected chi connectivity index (χ3v) is 4.34. The van der Waals surface area contributed by atoms with Crippen molar-refractivity contribution in [3.63, 3.8) is 0 Å². The highest BCUT2D eigenvalue weighted by molar-refractivity contribution is 5.53. The lowest BCUT2D eigenvalue weighted by Crippen LogP contribution is -2.09. The summed E-state index contributed by atoms with van der Waals surface area (Å²) < 4.78 is 11.6. The molecule has 1 aromatic heterocycles. The van der Waals surface area contributed by atoms with Crippen molar-refractivity contribution in [1.29, 1.82) is 0 Å². The average Bonchev–Trinajstić information content (AvgIpc) is 2.93. The molecule has 120 valence electrons. The number of aromatic nitrogens is 1. The Morgan fingerprint density at radius 1 is 1.13 bits per heavy atom. The number of rotatable bonds is 5. The van der Waals surface area contributed by atoms with Crippen LogP contribution < -0.4 is 0 Å². The average molecular weight is 309 g/mol. The van der Waals surface area contributed by atoms with E-state index in [9.17, 15) is 0 Å². The fourth-order valence-corrected chi connectivity index (χ4v) is 2.61. The summed E-state index contributed by atoms with van der Waals surface area (Å²) in [4.78, 5) is 4.61. The highest BCUT2D eigenvalue weighted by atomic mass is 16.5. The Labute approximate surface area is 137 Å². The van der Waals surface area contributed by atoms with Crippen molar-refractivity contribution in [1.82, 2.24) is 4.98 Å². The molecule has 1 aliphatic rings. The lowest BCUT2D eigenvalue weighted by Gasteiger charge is -2.19. The largest absolute Gasteiger partial charge is 0.494 e. The molecule has 0 saturated heterocycles. The van der Waals surface area contributed by atoms with Crippen LogP contribution in [0.5, 0.6) is 0 Å². The predicted octanol–water partition coefficient (Wildman–Crippen LogP) is 4.94. The second kappa shape index (κ2) is 6.86. The van der Waals surface area contributed by atoms with E-state index in [4.69, 9.17) is 9.15 Å². The fraction of sp³-hybridized carbons (Fsp3) is 0.350. The molecule has 0 amide bonds. The molecule has 0 saturated carbocycles. The molecule has 0 fully saturated rings. The Morgan fingerprint density at radius 3 is 2.65 bits per heavy atom. The molecular weight excluding hydrogens is 286 g/mol. The van der Waals surface area contributed by atoms with Gasteiger partial charge in [-0.1, -0.05) is 38.1 Å². The molecule has 2 unspecified atom stereocenters. The van der Waals surface area contributed by atoms with E-state index in [2.05, 4.69) is 37.1 Å². The van der Waals surface area contributed by atoms with E-state index in [1.54, 1.807) is 0 Å². The van der Waals surface area contributed by atoms with Crippen molar-refractivity contribution in [3.8, 4) is 11.5 Å². The highest BCUT2D eigenvalue weighted by Gasteiger charge is 2.14. The zero-order valence-electron chi connectivity index (χ0n) is 14.0.